The molecule has 124 valence electrons. The first-order valence-electron chi connectivity index (χ1n) is 7.73. The van der Waals surface area contributed by atoms with Crippen LogP contribution in [-0.2, 0) is 22.6 Å². The van der Waals surface area contributed by atoms with Crippen molar-refractivity contribution in [1.29, 1.82) is 0 Å². The summed E-state index contributed by atoms with van der Waals surface area (Å²) in [6.45, 7) is 6.02. The monoisotopic (exact) mass is 325 g/mol. The summed E-state index contributed by atoms with van der Waals surface area (Å²) in [5.41, 5.74) is 0. The predicted octanol–water partition coefficient (Wildman–Crippen LogP) is 1.73. The number of carbonyl (C=O) groups excluding carboxylic acids is 2. The molecule has 0 saturated carbocycles. The van der Waals surface area contributed by atoms with Crippen LogP contribution in [0.4, 0.5) is 0 Å². The second kappa shape index (κ2) is 9.58. The number of rotatable bonds is 9. The van der Waals surface area contributed by atoms with E-state index in [1.165, 1.54) is 4.88 Å². The van der Waals surface area contributed by atoms with Crippen molar-refractivity contribution in [1.82, 2.24) is 15.1 Å². The molecule has 0 atom stereocenters. The second-order valence-electron chi connectivity index (χ2n) is 5.50. The van der Waals surface area contributed by atoms with Crippen molar-refractivity contribution in [2.24, 2.45) is 0 Å². The van der Waals surface area contributed by atoms with Crippen LogP contribution >= 0.6 is 11.3 Å². The maximum absolute atomic E-state index is 12.1. The molecule has 6 heteroatoms. The maximum atomic E-state index is 12.1. The van der Waals surface area contributed by atoms with Crippen LogP contribution in [0.5, 0.6) is 0 Å². The van der Waals surface area contributed by atoms with Crippen molar-refractivity contribution >= 4 is 23.2 Å². The van der Waals surface area contributed by atoms with Crippen LogP contribution in [0.3, 0.4) is 0 Å². The molecule has 0 saturated heterocycles. The molecule has 0 aliphatic heterocycles. The van der Waals surface area contributed by atoms with Gasteiger partial charge in [-0.15, -0.1) is 11.3 Å². The molecule has 22 heavy (non-hydrogen) atoms. The molecule has 1 aromatic heterocycles. The van der Waals surface area contributed by atoms with Crippen molar-refractivity contribution in [2.45, 2.75) is 33.2 Å². The van der Waals surface area contributed by atoms with E-state index < -0.39 is 0 Å². The Morgan fingerprint density at radius 1 is 1.14 bits per heavy atom. The lowest BCUT2D eigenvalue weighted by molar-refractivity contribution is -0.130. The molecule has 0 unspecified atom stereocenters. The van der Waals surface area contributed by atoms with E-state index in [-0.39, 0.29) is 24.9 Å². The third kappa shape index (κ3) is 6.58. The van der Waals surface area contributed by atoms with Crippen LogP contribution in [0.1, 0.15) is 30.0 Å². The summed E-state index contributed by atoms with van der Waals surface area (Å²) < 4.78 is 0. The largest absolute Gasteiger partial charge is 0.350 e. The second-order valence-corrected chi connectivity index (χ2v) is 6.75. The first-order chi connectivity index (χ1) is 10.5. The topological polar surface area (TPSA) is 52.7 Å². The SMILES string of the molecule is CCCN(CC(=O)NCc1ccc(CC)s1)CC(=O)N(C)C. The summed E-state index contributed by atoms with van der Waals surface area (Å²) in [5.74, 6) is -0.0152. The van der Waals surface area contributed by atoms with Gasteiger partial charge in [0.25, 0.3) is 0 Å². The van der Waals surface area contributed by atoms with Gasteiger partial charge in [0.15, 0.2) is 0 Å². The zero-order valence-electron chi connectivity index (χ0n) is 14.0. The van der Waals surface area contributed by atoms with Gasteiger partial charge >= 0.3 is 0 Å². The van der Waals surface area contributed by atoms with E-state index in [1.807, 2.05) is 11.8 Å². The molecule has 0 radical (unpaired) electrons. The Kier molecular flexibility index (Phi) is 8.12. The van der Waals surface area contributed by atoms with Crippen molar-refractivity contribution in [3.05, 3.63) is 21.9 Å². The van der Waals surface area contributed by atoms with Gasteiger partial charge in [0.2, 0.25) is 11.8 Å². The number of thiophene rings is 1. The fourth-order valence-corrected chi connectivity index (χ4v) is 2.91. The van der Waals surface area contributed by atoms with Crippen LogP contribution in [0.25, 0.3) is 0 Å². The highest BCUT2D eigenvalue weighted by Crippen LogP contribution is 2.16. The molecule has 0 fully saturated rings. The smallest absolute Gasteiger partial charge is 0.236 e. The van der Waals surface area contributed by atoms with Crippen LogP contribution in [0.15, 0.2) is 12.1 Å². The van der Waals surface area contributed by atoms with E-state index in [4.69, 9.17) is 0 Å². The molecule has 0 aromatic carbocycles. The third-order valence-electron chi connectivity index (χ3n) is 3.29. The van der Waals surface area contributed by atoms with Crippen LogP contribution < -0.4 is 5.32 Å². The molecule has 1 aromatic rings. The van der Waals surface area contributed by atoms with E-state index in [1.54, 1.807) is 30.3 Å². The first kappa shape index (κ1) is 18.6. The van der Waals surface area contributed by atoms with Gasteiger partial charge in [-0.3, -0.25) is 14.5 Å². The van der Waals surface area contributed by atoms with Crippen LogP contribution in [0.2, 0.25) is 0 Å². The predicted molar refractivity (Wildman–Crippen MR) is 91.0 cm³/mol. The van der Waals surface area contributed by atoms with Gasteiger partial charge in [-0.05, 0) is 31.5 Å². The van der Waals surface area contributed by atoms with Crippen molar-refractivity contribution in [3.8, 4) is 0 Å². The van der Waals surface area contributed by atoms with Gasteiger partial charge in [0.05, 0.1) is 19.6 Å². The zero-order valence-corrected chi connectivity index (χ0v) is 14.8. The summed E-state index contributed by atoms with van der Waals surface area (Å²) in [6.07, 6.45) is 1.94. The number of nitrogens with zero attached hydrogens (tertiary/aromatic N) is 2. The minimum Gasteiger partial charge on any atom is -0.350 e. The molecule has 2 amide bonds. The molecule has 5 nitrogen and oxygen atoms in total. The highest BCUT2D eigenvalue weighted by molar-refractivity contribution is 7.11. The number of hydrogen-bond acceptors (Lipinski definition) is 4. The van der Waals surface area contributed by atoms with Crippen molar-refractivity contribution < 1.29 is 9.59 Å². The summed E-state index contributed by atoms with van der Waals surface area (Å²) >= 11 is 1.73. The summed E-state index contributed by atoms with van der Waals surface area (Å²) in [6, 6.07) is 4.16. The molecule has 0 aliphatic carbocycles. The van der Waals surface area contributed by atoms with Gasteiger partial charge in [0.1, 0.15) is 0 Å². The van der Waals surface area contributed by atoms with Crippen molar-refractivity contribution in [3.63, 3.8) is 0 Å². The number of likely N-dealkylation sites (N-methyl/N-ethyl adjacent to an activating group) is 1. The Morgan fingerprint density at radius 3 is 2.36 bits per heavy atom. The fraction of sp³-hybridized carbons (Fsp3) is 0.625. The number of nitrogens with one attached hydrogen (secondary N) is 1. The minimum absolute atomic E-state index is 0.0205. The summed E-state index contributed by atoms with van der Waals surface area (Å²) in [4.78, 5) is 29.8. The van der Waals surface area contributed by atoms with E-state index in [0.717, 1.165) is 24.3 Å². The fourth-order valence-electron chi connectivity index (χ4n) is 2.01. The standard InChI is InChI=1S/C16H27N3O2S/c1-5-9-19(12-16(21)18(3)4)11-15(20)17-10-14-8-7-13(6-2)22-14/h7-8H,5-6,9-12H2,1-4H3,(H,17,20). The Bertz CT molecular complexity index is 485. The Hall–Kier alpha value is -1.40. The first-order valence-corrected chi connectivity index (χ1v) is 8.54. The molecule has 1 heterocycles. The van der Waals surface area contributed by atoms with Gasteiger partial charge in [0, 0.05) is 23.8 Å². The number of amides is 2. The maximum Gasteiger partial charge on any atom is 0.236 e. The zero-order chi connectivity index (χ0) is 16.5. The highest BCUT2D eigenvalue weighted by Gasteiger charge is 2.15. The van der Waals surface area contributed by atoms with Gasteiger partial charge < -0.3 is 10.2 Å². The van der Waals surface area contributed by atoms with Gasteiger partial charge in [-0.1, -0.05) is 13.8 Å². The van der Waals surface area contributed by atoms with Gasteiger partial charge in [-0.25, -0.2) is 0 Å². The third-order valence-corrected chi connectivity index (χ3v) is 4.52. The molecule has 0 spiro atoms. The minimum atomic E-state index is -0.0357. The molecule has 1 rings (SSSR count). The normalized spacial score (nSPS) is 10.8. The average Bonchev–Trinajstić information content (AvgIpc) is 2.93. The van der Waals surface area contributed by atoms with Gasteiger partial charge in [-0.2, -0.15) is 0 Å². The van der Waals surface area contributed by atoms with E-state index in [9.17, 15) is 9.59 Å². The quantitative estimate of drug-likeness (QED) is 0.752. The van der Waals surface area contributed by atoms with E-state index in [2.05, 4.69) is 24.4 Å². The lowest BCUT2D eigenvalue weighted by Crippen LogP contribution is -2.42. The molecular formula is C16H27N3O2S. The molecular weight excluding hydrogens is 298 g/mol. The van der Waals surface area contributed by atoms with Crippen LogP contribution in [0, 0.1) is 0 Å². The molecule has 1 N–H and O–H groups in total. The Labute approximate surface area is 137 Å². The van der Waals surface area contributed by atoms with E-state index in [0.29, 0.717) is 6.54 Å². The molecule has 0 bridgehead atoms. The van der Waals surface area contributed by atoms with Crippen molar-refractivity contribution in [2.75, 3.05) is 33.7 Å². The summed E-state index contributed by atoms with van der Waals surface area (Å²) in [5, 5.41) is 2.93. The summed E-state index contributed by atoms with van der Waals surface area (Å²) in [7, 11) is 3.46. The Morgan fingerprint density at radius 2 is 1.82 bits per heavy atom. The number of carbonyl (C=O) groups is 2. The number of hydrogen-bond donors (Lipinski definition) is 1. The average molecular weight is 325 g/mol. The van der Waals surface area contributed by atoms with E-state index >= 15 is 0 Å². The Balaban J connectivity index is 2.43. The highest BCUT2D eigenvalue weighted by atomic mass is 32.1. The lowest BCUT2D eigenvalue weighted by atomic mass is 10.3. The molecule has 0 aliphatic rings. The number of aryl methyl sites for hydroxylation is 1. The van der Waals surface area contributed by atoms with Crippen LogP contribution in [-0.4, -0.2) is 55.3 Å². The lowest BCUT2D eigenvalue weighted by Gasteiger charge is -2.22.